The fraction of sp³-hybridized carbons (Fsp3) is 0.222. The number of carbonyl (C=O) groups excluding carboxylic acids is 2. The number of hydrogen-bond acceptors (Lipinski definition) is 5. The molecule has 1 aromatic carbocycles. The van der Waals surface area contributed by atoms with Gasteiger partial charge in [-0.25, -0.2) is 0 Å². The molecule has 2 heterocycles. The Morgan fingerprint density at radius 2 is 2.00 bits per heavy atom. The van der Waals surface area contributed by atoms with Crippen LogP contribution in [0.1, 0.15) is 22.5 Å². The maximum atomic E-state index is 12.6. The lowest BCUT2D eigenvalue weighted by atomic mass is 10.1. The second kappa shape index (κ2) is 8.61. The van der Waals surface area contributed by atoms with Crippen LogP contribution < -0.4 is 10.6 Å². The van der Waals surface area contributed by atoms with Crippen LogP contribution in [0.3, 0.4) is 0 Å². The molecule has 26 heavy (non-hydrogen) atoms. The monoisotopic (exact) mass is 353 g/mol. The topological polar surface area (TPSA) is 102 Å². The van der Waals surface area contributed by atoms with Crippen molar-refractivity contribution in [3.05, 3.63) is 72.4 Å². The van der Waals surface area contributed by atoms with Crippen molar-refractivity contribution in [1.82, 2.24) is 25.6 Å². The number of benzene rings is 1. The SMILES string of the molecule is O=C(N[C@H](CCn1ccnn1)C(=O)NCc1ccccc1)c1ccco1. The Hall–Kier alpha value is -3.42. The minimum absolute atomic E-state index is 0.159. The number of rotatable bonds is 8. The highest BCUT2D eigenvalue weighted by atomic mass is 16.3. The van der Waals surface area contributed by atoms with E-state index in [1.54, 1.807) is 29.2 Å². The normalized spacial score (nSPS) is 11.7. The molecule has 0 aliphatic carbocycles. The van der Waals surface area contributed by atoms with Gasteiger partial charge < -0.3 is 15.1 Å². The molecule has 8 nitrogen and oxygen atoms in total. The van der Waals surface area contributed by atoms with E-state index < -0.39 is 11.9 Å². The van der Waals surface area contributed by atoms with Gasteiger partial charge in [-0.1, -0.05) is 35.5 Å². The molecule has 2 N–H and O–H groups in total. The molecule has 0 bridgehead atoms. The van der Waals surface area contributed by atoms with E-state index in [9.17, 15) is 9.59 Å². The summed E-state index contributed by atoms with van der Waals surface area (Å²) in [6.45, 7) is 0.831. The largest absolute Gasteiger partial charge is 0.459 e. The zero-order valence-corrected chi connectivity index (χ0v) is 14.0. The Balaban J connectivity index is 1.62. The van der Waals surface area contributed by atoms with Gasteiger partial charge >= 0.3 is 0 Å². The van der Waals surface area contributed by atoms with E-state index in [2.05, 4.69) is 20.9 Å². The molecular weight excluding hydrogens is 334 g/mol. The maximum absolute atomic E-state index is 12.6. The zero-order valence-electron chi connectivity index (χ0n) is 14.0. The van der Waals surface area contributed by atoms with Crippen LogP contribution in [0.15, 0.2) is 65.5 Å². The van der Waals surface area contributed by atoms with Gasteiger partial charge in [-0.3, -0.25) is 14.3 Å². The van der Waals surface area contributed by atoms with Gasteiger partial charge in [0, 0.05) is 19.3 Å². The van der Waals surface area contributed by atoms with Crippen molar-refractivity contribution in [3.8, 4) is 0 Å². The Labute approximate surface area is 150 Å². The summed E-state index contributed by atoms with van der Waals surface area (Å²) in [6, 6.07) is 12.0. The number of aromatic nitrogens is 3. The van der Waals surface area contributed by atoms with Gasteiger partial charge in [-0.15, -0.1) is 5.10 Å². The van der Waals surface area contributed by atoms with Gasteiger partial charge in [0.15, 0.2) is 5.76 Å². The third-order valence-electron chi connectivity index (χ3n) is 3.80. The lowest BCUT2D eigenvalue weighted by Gasteiger charge is -2.18. The van der Waals surface area contributed by atoms with Crippen molar-refractivity contribution < 1.29 is 14.0 Å². The van der Waals surface area contributed by atoms with Gasteiger partial charge in [0.2, 0.25) is 5.91 Å². The Bertz CT molecular complexity index is 816. The number of nitrogens with one attached hydrogen (secondary N) is 2. The maximum Gasteiger partial charge on any atom is 0.287 e. The van der Waals surface area contributed by atoms with Crippen LogP contribution in [0.4, 0.5) is 0 Å². The van der Waals surface area contributed by atoms with E-state index in [0.29, 0.717) is 19.5 Å². The van der Waals surface area contributed by atoms with Crippen molar-refractivity contribution in [1.29, 1.82) is 0 Å². The minimum Gasteiger partial charge on any atom is -0.459 e. The molecule has 3 rings (SSSR count). The third-order valence-corrected chi connectivity index (χ3v) is 3.80. The number of aryl methyl sites for hydroxylation is 1. The van der Waals surface area contributed by atoms with Crippen LogP contribution in [0.25, 0.3) is 0 Å². The summed E-state index contributed by atoms with van der Waals surface area (Å²) in [7, 11) is 0. The van der Waals surface area contributed by atoms with Gasteiger partial charge in [0.05, 0.1) is 12.5 Å². The number of amides is 2. The van der Waals surface area contributed by atoms with Crippen molar-refractivity contribution in [2.24, 2.45) is 0 Å². The Morgan fingerprint density at radius 3 is 2.69 bits per heavy atom. The third kappa shape index (κ3) is 4.79. The fourth-order valence-corrected chi connectivity index (χ4v) is 2.43. The highest BCUT2D eigenvalue weighted by Gasteiger charge is 2.22. The first-order chi connectivity index (χ1) is 12.7. The molecule has 0 saturated heterocycles. The van der Waals surface area contributed by atoms with Crippen molar-refractivity contribution in [3.63, 3.8) is 0 Å². The van der Waals surface area contributed by atoms with Gasteiger partial charge in [-0.2, -0.15) is 0 Å². The molecule has 0 aliphatic heterocycles. The first kappa shape index (κ1) is 17.4. The summed E-state index contributed by atoms with van der Waals surface area (Å²) in [5, 5.41) is 13.2. The quantitative estimate of drug-likeness (QED) is 0.637. The summed E-state index contributed by atoms with van der Waals surface area (Å²) < 4.78 is 6.69. The van der Waals surface area contributed by atoms with E-state index in [4.69, 9.17) is 4.42 Å². The Morgan fingerprint density at radius 1 is 1.15 bits per heavy atom. The number of nitrogens with zero attached hydrogens (tertiary/aromatic N) is 3. The molecule has 2 aromatic heterocycles. The lowest BCUT2D eigenvalue weighted by molar-refractivity contribution is -0.123. The zero-order chi connectivity index (χ0) is 18.2. The highest BCUT2D eigenvalue weighted by Crippen LogP contribution is 2.04. The second-order valence-corrected chi connectivity index (χ2v) is 5.66. The average Bonchev–Trinajstić information content (AvgIpc) is 3.37. The molecule has 0 fully saturated rings. The predicted octanol–water partition coefficient (Wildman–Crippen LogP) is 1.38. The molecule has 8 heteroatoms. The van der Waals surface area contributed by atoms with Gasteiger partial charge in [-0.05, 0) is 24.1 Å². The van der Waals surface area contributed by atoms with E-state index in [1.807, 2.05) is 30.3 Å². The van der Waals surface area contributed by atoms with Crippen LogP contribution in [-0.2, 0) is 17.9 Å². The molecule has 3 aromatic rings. The van der Waals surface area contributed by atoms with Crippen molar-refractivity contribution in [2.75, 3.05) is 0 Å². The summed E-state index contributed by atoms with van der Waals surface area (Å²) >= 11 is 0. The summed E-state index contributed by atoms with van der Waals surface area (Å²) in [5.41, 5.74) is 0.980. The molecular formula is C18H19N5O3. The van der Waals surface area contributed by atoms with E-state index in [0.717, 1.165) is 5.56 Å². The van der Waals surface area contributed by atoms with Crippen molar-refractivity contribution in [2.45, 2.75) is 25.6 Å². The minimum atomic E-state index is -0.722. The Kier molecular flexibility index (Phi) is 5.76. The molecule has 0 unspecified atom stereocenters. The van der Waals surface area contributed by atoms with E-state index in [1.165, 1.54) is 6.26 Å². The van der Waals surface area contributed by atoms with Crippen LogP contribution in [0, 0.1) is 0 Å². The van der Waals surface area contributed by atoms with Crippen LogP contribution in [0.5, 0.6) is 0 Å². The first-order valence-corrected chi connectivity index (χ1v) is 8.22. The predicted molar refractivity (Wildman–Crippen MR) is 92.9 cm³/mol. The first-order valence-electron chi connectivity index (χ1n) is 8.22. The van der Waals surface area contributed by atoms with Crippen LogP contribution in [0.2, 0.25) is 0 Å². The molecule has 0 saturated carbocycles. The lowest BCUT2D eigenvalue weighted by Crippen LogP contribution is -2.47. The second-order valence-electron chi connectivity index (χ2n) is 5.66. The van der Waals surface area contributed by atoms with Gasteiger partial charge in [0.1, 0.15) is 6.04 Å². The molecule has 0 aliphatic rings. The van der Waals surface area contributed by atoms with Crippen molar-refractivity contribution >= 4 is 11.8 Å². The summed E-state index contributed by atoms with van der Waals surface area (Å²) in [5.74, 6) is -0.547. The standard InChI is InChI=1S/C18H19N5O3/c24-17(19-13-14-5-2-1-3-6-14)15(8-10-23-11-9-20-22-23)21-18(25)16-7-4-12-26-16/h1-7,9,11-12,15H,8,10,13H2,(H,19,24)(H,21,25)/t15-/m1/s1. The van der Waals surface area contributed by atoms with Crippen LogP contribution in [-0.4, -0.2) is 32.9 Å². The van der Waals surface area contributed by atoms with E-state index >= 15 is 0 Å². The number of furan rings is 1. The average molecular weight is 353 g/mol. The molecule has 1 atom stereocenters. The molecule has 0 spiro atoms. The van der Waals surface area contributed by atoms with Gasteiger partial charge in [0.25, 0.3) is 5.91 Å². The highest BCUT2D eigenvalue weighted by molar-refractivity contribution is 5.95. The van der Waals surface area contributed by atoms with E-state index in [-0.39, 0.29) is 11.7 Å². The summed E-state index contributed by atoms with van der Waals surface area (Å²) in [4.78, 5) is 24.8. The molecule has 2 amide bonds. The fourth-order valence-electron chi connectivity index (χ4n) is 2.43. The molecule has 134 valence electrons. The summed E-state index contributed by atoms with van der Waals surface area (Å²) in [6.07, 6.45) is 5.05. The molecule has 0 radical (unpaired) electrons. The number of hydrogen-bond donors (Lipinski definition) is 2. The number of carbonyl (C=O) groups is 2. The smallest absolute Gasteiger partial charge is 0.287 e. The van der Waals surface area contributed by atoms with Crippen LogP contribution >= 0.6 is 0 Å².